The van der Waals surface area contributed by atoms with Crippen LogP contribution < -0.4 is 5.32 Å². The molecule has 1 N–H and O–H groups in total. The monoisotopic (exact) mass is 315 g/mol. The smallest absolute Gasteiger partial charge is 0.224 e. The van der Waals surface area contributed by atoms with Gasteiger partial charge in [-0.25, -0.2) is 4.39 Å². The van der Waals surface area contributed by atoms with Crippen LogP contribution in [0, 0.1) is 29.0 Å². The first-order valence-electron chi connectivity index (χ1n) is 9.07. The van der Waals surface area contributed by atoms with E-state index in [9.17, 15) is 9.18 Å². The summed E-state index contributed by atoms with van der Waals surface area (Å²) in [5, 5.41) is 3.21. The minimum absolute atomic E-state index is 0.0432. The second-order valence-electron chi connectivity index (χ2n) is 8.34. The van der Waals surface area contributed by atoms with Crippen LogP contribution in [-0.2, 0) is 11.2 Å². The molecule has 1 amide bonds. The SMILES string of the molecule is C[C@H](NC(=O)Cc1ccccc1F)C12CC3CC(CC(C3)C1)C2. The summed E-state index contributed by atoms with van der Waals surface area (Å²) < 4.78 is 13.7. The Morgan fingerprint density at radius 3 is 2.30 bits per heavy atom. The van der Waals surface area contributed by atoms with Crippen molar-refractivity contribution in [2.24, 2.45) is 23.2 Å². The van der Waals surface area contributed by atoms with Gasteiger partial charge in [0, 0.05) is 6.04 Å². The van der Waals surface area contributed by atoms with Crippen LogP contribution in [0.2, 0.25) is 0 Å². The minimum Gasteiger partial charge on any atom is -0.353 e. The average molecular weight is 315 g/mol. The number of amides is 1. The predicted molar refractivity (Wildman–Crippen MR) is 88.3 cm³/mol. The molecule has 0 radical (unpaired) electrons. The Labute approximate surface area is 137 Å². The molecule has 5 rings (SSSR count). The first-order valence-corrected chi connectivity index (χ1v) is 9.07. The van der Waals surface area contributed by atoms with Crippen LogP contribution in [0.5, 0.6) is 0 Å². The number of hydrogen-bond acceptors (Lipinski definition) is 1. The Hall–Kier alpha value is -1.38. The van der Waals surface area contributed by atoms with Gasteiger partial charge in [0.1, 0.15) is 5.82 Å². The number of halogens is 1. The molecule has 4 fully saturated rings. The van der Waals surface area contributed by atoms with Gasteiger partial charge in [0.05, 0.1) is 6.42 Å². The molecule has 0 saturated heterocycles. The molecule has 2 nitrogen and oxygen atoms in total. The lowest BCUT2D eigenvalue weighted by atomic mass is 9.48. The van der Waals surface area contributed by atoms with Crippen LogP contribution in [0.3, 0.4) is 0 Å². The van der Waals surface area contributed by atoms with Crippen LogP contribution in [-0.4, -0.2) is 11.9 Å². The highest BCUT2D eigenvalue weighted by Gasteiger charge is 2.53. The summed E-state index contributed by atoms with van der Waals surface area (Å²) in [6, 6.07) is 6.77. The second kappa shape index (κ2) is 5.61. The van der Waals surface area contributed by atoms with Gasteiger partial charge in [0.25, 0.3) is 0 Å². The van der Waals surface area contributed by atoms with E-state index in [1.54, 1.807) is 18.2 Å². The third-order valence-corrected chi connectivity index (χ3v) is 6.69. The van der Waals surface area contributed by atoms with E-state index in [0.29, 0.717) is 11.0 Å². The van der Waals surface area contributed by atoms with Gasteiger partial charge in [-0.1, -0.05) is 18.2 Å². The lowest BCUT2D eigenvalue weighted by molar-refractivity contribution is -0.125. The van der Waals surface area contributed by atoms with Crippen molar-refractivity contribution in [3.8, 4) is 0 Å². The summed E-state index contributed by atoms with van der Waals surface area (Å²) in [5.41, 5.74) is 0.794. The number of carbonyl (C=O) groups is 1. The summed E-state index contributed by atoms with van der Waals surface area (Å²) in [4.78, 5) is 12.4. The highest BCUT2D eigenvalue weighted by Crippen LogP contribution is 2.61. The van der Waals surface area contributed by atoms with E-state index in [1.807, 2.05) is 0 Å². The molecular formula is C20H26FNO. The van der Waals surface area contributed by atoms with Crippen LogP contribution in [0.25, 0.3) is 0 Å². The van der Waals surface area contributed by atoms with E-state index < -0.39 is 0 Å². The van der Waals surface area contributed by atoms with E-state index in [0.717, 1.165) is 17.8 Å². The molecule has 3 heteroatoms. The first kappa shape index (κ1) is 15.2. The molecule has 0 aliphatic heterocycles. The highest BCUT2D eigenvalue weighted by molar-refractivity contribution is 5.79. The van der Waals surface area contributed by atoms with Crippen molar-refractivity contribution in [1.82, 2.24) is 5.32 Å². The maximum atomic E-state index is 13.7. The molecule has 4 saturated carbocycles. The van der Waals surface area contributed by atoms with E-state index in [2.05, 4.69) is 12.2 Å². The molecule has 0 heterocycles. The fraction of sp³-hybridized carbons (Fsp3) is 0.650. The molecule has 1 atom stereocenters. The molecular weight excluding hydrogens is 289 g/mol. The Morgan fingerprint density at radius 2 is 1.74 bits per heavy atom. The summed E-state index contributed by atoms with van der Waals surface area (Å²) in [6.07, 6.45) is 8.21. The van der Waals surface area contributed by atoms with E-state index in [1.165, 1.54) is 44.6 Å². The van der Waals surface area contributed by atoms with Crippen LogP contribution in [0.15, 0.2) is 24.3 Å². The predicted octanol–water partition coefficient (Wildman–Crippen LogP) is 4.09. The molecule has 1 aromatic rings. The van der Waals surface area contributed by atoms with Gasteiger partial charge in [0.2, 0.25) is 5.91 Å². The van der Waals surface area contributed by atoms with Gasteiger partial charge in [-0.2, -0.15) is 0 Å². The van der Waals surface area contributed by atoms with Gasteiger partial charge >= 0.3 is 0 Å². The third-order valence-electron chi connectivity index (χ3n) is 6.69. The molecule has 23 heavy (non-hydrogen) atoms. The molecule has 4 aliphatic carbocycles. The van der Waals surface area contributed by atoms with Crippen molar-refractivity contribution in [3.05, 3.63) is 35.6 Å². The molecule has 0 spiro atoms. The standard InChI is InChI=1S/C20H26FNO/c1-13(22-19(23)9-17-4-2-3-5-18(17)21)20-10-14-6-15(11-20)8-16(7-14)12-20/h2-5,13-16H,6-12H2,1H3,(H,22,23)/t13-,14?,15?,16?,20?/m0/s1. The Morgan fingerprint density at radius 1 is 1.17 bits per heavy atom. The molecule has 4 bridgehead atoms. The zero-order valence-electron chi connectivity index (χ0n) is 13.9. The Balaban J connectivity index is 1.43. The number of hydrogen-bond donors (Lipinski definition) is 1. The summed E-state index contributed by atoms with van der Waals surface area (Å²) in [5.74, 6) is 2.31. The van der Waals surface area contributed by atoms with Crippen molar-refractivity contribution in [2.45, 2.75) is 57.9 Å². The maximum absolute atomic E-state index is 13.7. The zero-order chi connectivity index (χ0) is 16.0. The van der Waals surface area contributed by atoms with Crippen LogP contribution >= 0.6 is 0 Å². The summed E-state index contributed by atoms with van der Waals surface area (Å²) in [6.45, 7) is 2.17. The van der Waals surface area contributed by atoms with E-state index in [-0.39, 0.29) is 24.2 Å². The molecule has 0 unspecified atom stereocenters. The van der Waals surface area contributed by atoms with Gasteiger partial charge in [-0.05, 0) is 80.2 Å². The molecule has 0 aromatic heterocycles. The molecule has 4 aliphatic rings. The average Bonchev–Trinajstić information content (AvgIpc) is 2.48. The van der Waals surface area contributed by atoms with Crippen molar-refractivity contribution in [1.29, 1.82) is 0 Å². The maximum Gasteiger partial charge on any atom is 0.224 e. The van der Waals surface area contributed by atoms with E-state index >= 15 is 0 Å². The van der Waals surface area contributed by atoms with Crippen molar-refractivity contribution in [3.63, 3.8) is 0 Å². The zero-order valence-corrected chi connectivity index (χ0v) is 13.9. The number of rotatable bonds is 4. The Bertz CT molecular complexity index is 576. The van der Waals surface area contributed by atoms with Crippen molar-refractivity contribution >= 4 is 5.91 Å². The number of carbonyl (C=O) groups excluding carboxylic acids is 1. The van der Waals surface area contributed by atoms with Crippen molar-refractivity contribution < 1.29 is 9.18 Å². The summed E-state index contributed by atoms with van der Waals surface area (Å²) in [7, 11) is 0. The number of nitrogens with one attached hydrogen (secondary N) is 1. The normalized spacial score (nSPS) is 36.0. The van der Waals surface area contributed by atoms with Gasteiger partial charge < -0.3 is 5.32 Å². The minimum atomic E-state index is -0.287. The van der Waals surface area contributed by atoms with Crippen LogP contribution in [0.1, 0.15) is 51.0 Å². The van der Waals surface area contributed by atoms with Gasteiger partial charge in [0.15, 0.2) is 0 Å². The topological polar surface area (TPSA) is 29.1 Å². The number of benzene rings is 1. The Kier molecular flexibility index (Phi) is 3.70. The molecule has 1 aromatic carbocycles. The first-order chi connectivity index (χ1) is 11.0. The lowest BCUT2D eigenvalue weighted by Gasteiger charge is -2.59. The van der Waals surface area contributed by atoms with E-state index in [4.69, 9.17) is 0 Å². The van der Waals surface area contributed by atoms with Gasteiger partial charge in [-0.3, -0.25) is 4.79 Å². The fourth-order valence-corrected chi connectivity index (χ4v) is 5.97. The quantitative estimate of drug-likeness (QED) is 0.891. The second-order valence-corrected chi connectivity index (χ2v) is 8.34. The third kappa shape index (κ3) is 2.79. The lowest BCUT2D eigenvalue weighted by Crippen LogP contribution is -2.56. The van der Waals surface area contributed by atoms with Crippen LogP contribution in [0.4, 0.5) is 4.39 Å². The summed E-state index contributed by atoms with van der Waals surface area (Å²) >= 11 is 0. The largest absolute Gasteiger partial charge is 0.353 e. The fourth-order valence-electron chi connectivity index (χ4n) is 5.97. The highest BCUT2D eigenvalue weighted by atomic mass is 19.1. The van der Waals surface area contributed by atoms with Crippen molar-refractivity contribution in [2.75, 3.05) is 0 Å². The van der Waals surface area contributed by atoms with Gasteiger partial charge in [-0.15, -0.1) is 0 Å². The molecule has 124 valence electrons.